The molecule has 1 aromatic heterocycles. The fourth-order valence-corrected chi connectivity index (χ4v) is 5.19. The van der Waals surface area contributed by atoms with Crippen molar-refractivity contribution < 1.29 is 9.59 Å². The molecule has 1 aromatic rings. The normalized spacial score (nSPS) is 16.1. The highest BCUT2D eigenvalue weighted by Crippen LogP contribution is 2.36. The molecule has 0 fully saturated rings. The Labute approximate surface area is 181 Å². The van der Waals surface area contributed by atoms with Gasteiger partial charge in [-0.25, -0.2) is 0 Å². The van der Waals surface area contributed by atoms with E-state index in [0.29, 0.717) is 24.8 Å². The first-order chi connectivity index (χ1) is 13.9. The van der Waals surface area contributed by atoms with E-state index in [1.165, 1.54) is 55.4 Å². The highest BCUT2D eigenvalue weighted by atomic mass is 32.1. The molecule has 0 saturated carbocycles. The van der Waals surface area contributed by atoms with Gasteiger partial charge in [0.05, 0.1) is 5.56 Å². The highest BCUT2D eigenvalue weighted by molar-refractivity contribution is 7.17. The summed E-state index contributed by atoms with van der Waals surface area (Å²) >= 11 is 1.64. The van der Waals surface area contributed by atoms with E-state index in [1.807, 2.05) is 13.8 Å². The second-order valence-electron chi connectivity index (χ2n) is 9.29. The van der Waals surface area contributed by atoms with Crippen LogP contribution in [-0.4, -0.2) is 18.4 Å². The molecule has 2 amide bonds. The van der Waals surface area contributed by atoms with Gasteiger partial charge in [-0.2, -0.15) is 0 Å². The summed E-state index contributed by atoms with van der Waals surface area (Å²) in [4.78, 5) is 26.9. The highest BCUT2D eigenvalue weighted by Gasteiger charge is 2.25. The molecule has 0 radical (unpaired) electrons. The summed E-state index contributed by atoms with van der Waals surface area (Å²) in [6, 6.07) is 0. The molecule has 0 spiro atoms. The molecule has 164 valence electrons. The molecule has 0 unspecified atom stereocenters. The zero-order valence-electron chi connectivity index (χ0n) is 18.9. The van der Waals surface area contributed by atoms with Crippen molar-refractivity contribution in [2.75, 3.05) is 11.9 Å². The summed E-state index contributed by atoms with van der Waals surface area (Å²) in [6.45, 7) is 8.95. The standard InChI is InChI=1S/C24H40N2O2S/c1-17(2)15-21(27)26-24-22(23(28)25-16-18(3)4)19-13-11-9-7-5-6-8-10-12-14-20(19)29-24/h17-18H,5-16H2,1-4H3,(H,25,28)(H,26,27). The molecule has 5 heteroatoms. The molecular formula is C24H40N2O2S. The van der Waals surface area contributed by atoms with Gasteiger partial charge in [-0.05, 0) is 43.1 Å². The van der Waals surface area contributed by atoms with E-state index in [0.717, 1.165) is 29.8 Å². The third-order valence-corrected chi connectivity index (χ3v) is 6.62. The number of amides is 2. The van der Waals surface area contributed by atoms with Crippen molar-refractivity contribution in [3.05, 3.63) is 16.0 Å². The van der Waals surface area contributed by atoms with E-state index >= 15 is 0 Å². The van der Waals surface area contributed by atoms with Crippen molar-refractivity contribution in [1.29, 1.82) is 0 Å². The predicted molar refractivity (Wildman–Crippen MR) is 124 cm³/mol. The Morgan fingerprint density at radius 2 is 1.45 bits per heavy atom. The largest absolute Gasteiger partial charge is 0.352 e. The van der Waals surface area contributed by atoms with Gasteiger partial charge >= 0.3 is 0 Å². The molecule has 0 aliphatic heterocycles. The zero-order chi connectivity index (χ0) is 21.2. The first-order valence-electron chi connectivity index (χ1n) is 11.6. The molecule has 2 N–H and O–H groups in total. The monoisotopic (exact) mass is 420 g/mol. The summed E-state index contributed by atoms with van der Waals surface area (Å²) in [6.07, 6.45) is 12.5. The first kappa shape index (κ1) is 23.9. The number of thiophene rings is 1. The summed E-state index contributed by atoms with van der Waals surface area (Å²) in [5.41, 5.74) is 1.93. The minimum Gasteiger partial charge on any atom is -0.352 e. The van der Waals surface area contributed by atoms with Crippen LogP contribution in [0, 0.1) is 11.8 Å². The van der Waals surface area contributed by atoms with Crippen LogP contribution >= 0.6 is 11.3 Å². The molecule has 0 bridgehead atoms. The summed E-state index contributed by atoms with van der Waals surface area (Å²) in [7, 11) is 0. The third-order valence-electron chi connectivity index (χ3n) is 5.42. The fraction of sp³-hybridized carbons (Fsp3) is 0.750. The van der Waals surface area contributed by atoms with Gasteiger partial charge in [0.2, 0.25) is 5.91 Å². The Balaban J connectivity index is 2.32. The smallest absolute Gasteiger partial charge is 0.254 e. The lowest BCUT2D eigenvalue weighted by Crippen LogP contribution is -2.29. The number of nitrogens with one attached hydrogen (secondary N) is 2. The van der Waals surface area contributed by atoms with E-state index in [-0.39, 0.29) is 11.8 Å². The molecule has 0 aromatic carbocycles. The molecule has 4 nitrogen and oxygen atoms in total. The summed E-state index contributed by atoms with van der Waals surface area (Å²) in [5.74, 6) is 0.685. The van der Waals surface area contributed by atoms with Gasteiger partial charge < -0.3 is 10.6 Å². The molecule has 1 aliphatic carbocycles. The molecule has 29 heavy (non-hydrogen) atoms. The van der Waals surface area contributed by atoms with Gasteiger partial charge in [-0.15, -0.1) is 11.3 Å². The molecule has 0 saturated heterocycles. The van der Waals surface area contributed by atoms with Gasteiger partial charge in [0.25, 0.3) is 5.91 Å². The van der Waals surface area contributed by atoms with E-state index in [1.54, 1.807) is 11.3 Å². The van der Waals surface area contributed by atoms with Crippen LogP contribution in [0.5, 0.6) is 0 Å². The predicted octanol–water partition coefficient (Wildman–Crippen LogP) is 6.34. The molecule has 2 rings (SSSR count). The topological polar surface area (TPSA) is 58.2 Å². The van der Waals surface area contributed by atoms with Gasteiger partial charge in [-0.1, -0.05) is 66.2 Å². The van der Waals surface area contributed by atoms with Gasteiger partial charge in [0.15, 0.2) is 0 Å². The number of anilines is 1. The number of carbonyl (C=O) groups excluding carboxylic acids is 2. The maximum atomic E-state index is 13.1. The molecular weight excluding hydrogens is 380 g/mol. The van der Waals surface area contributed by atoms with E-state index in [4.69, 9.17) is 0 Å². The van der Waals surface area contributed by atoms with E-state index < -0.39 is 0 Å². The van der Waals surface area contributed by atoms with Crippen molar-refractivity contribution in [2.24, 2.45) is 11.8 Å². The average molecular weight is 421 g/mol. The Kier molecular flexibility index (Phi) is 10.2. The van der Waals surface area contributed by atoms with Crippen molar-refractivity contribution in [2.45, 2.75) is 98.3 Å². The molecule has 1 heterocycles. The van der Waals surface area contributed by atoms with Crippen LogP contribution in [0.1, 0.15) is 106 Å². The second-order valence-corrected chi connectivity index (χ2v) is 10.4. The van der Waals surface area contributed by atoms with Gasteiger partial charge in [-0.3, -0.25) is 9.59 Å². The SMILES string of the molecule is CC(C)CNC(=O)c1c(NC(=O)CC(C)C)sc2c1CCCCCCCCCC2. The Bertz CT molecular complexity index is 664. The maximum Gasteiger partial charge on any atom is 0.254 e. The summed E-state index contributed by atoms with van der Waals surface area (Å²) < 4.78 is 0. The quantitative estimate of drug-likeness (QED) is 0.564. The lowest BCUT2D eigenvalue weighted by Gasteiger charge is -2.13. The lowest BCUT2D eigenvalue weighted by molar-refractivity contribution is -0.116. The van der Waals surface area contributed by atoms with Crippen molar-refractivity contribution >= 4 is 28.2 Å². The molecule has 1 aliphatic rings. The number of aryl methyl sites for hydroxylation is 1. The zero-order valence-corrected chi connectivity index (χ0v) is 19.7. The van der Waals surface area contributed by atoms with E-state index in [9.17, 15) is 9.59 Å². The van der Waals surface area contributed by atoms with Crippen LogP contribution in [0.25, 0.3) is 0 Å². The summed E-state index contributed by atoms with van der Waals surface area (Å²) in [5, 5.41) is 6.94. The number of rotatable bonds is 6. The first-order valence-corrected chi connectivity index (χ1v) is 12.4. The number of fused-ring (bicyclic) bond motifs is 1. The minimum atomic E-state index is -0.0249. The van der Waals surface area contributed by atoms with Crippen LogP contribution in [0.15, 0.2) is 0 Å². The minimum absolute atomic E-state index is 0.00942. The van der Waals surface area contributed by atoms with Crippen molar-refractivity contribution in [3.63, 3.8) is 0 Å². The maximum absolute atomic E-state index is 13.1. The van der Waals surface area contributed by atoms with Crippen molar-refractivity contribution in [3.8, 4) is 0 Å². The van der Waals surface area contributed by atoms with Crippen molar-refractivity contribution in [1.82, 2.24) is 5.32 Å². The Morgan fingerprint density at radius 1 is 0.862 bits per heavy atom. The van der Waals surface area contributed by atoms with Crippen LogP contribution in [0.3, 0.4) is 0 Å². The third kappa shape index (κ3) is 8.12. The average Bonchev–Trinajstić information content (AvgIpc) is 2.95. The Hall–Kier alpha value is -1.36. The second kappa shape index (κ2) is 12.4. The van der Waals surface area contributed by atoms with Gasteiger partial charge in [0, 0.05) is 17.8 Å². The number of carbonyl (C=O) groups is 2. The fourth-order valence-electron chi connectivity index (χ4n) is 3.89. The van der Waals surface area contributed by atoms with E-state index in [2.05, 4.69) is 24.5 Å². The lowest BCUT2D eigenvalue weighted by atomic mass is 9.97. The van der Waals surface area contributed by atoms with Crippen LogP contribution in [0.4, 0.5) is 5.00 Å². The van der Waals surface area contributed by atoms with Crippen LogP contribution in [-0.2, 0) is 17.6 Å². The number of hydrogen-bond donors (Lipinski definition) is 2. The molecule has 0 atom stereocenters. The Morgan fingerprint density at radius 3 is 2.03 bits per heavy atom. The number of hydrogen-bond acceptors (Lipinski definition) is 3. The van der Waals surface area contributed by atoms with Crippen LogP contribution in [0.2, 0.25) is 0 Å². The van der Waals surface area contributed by atoms with Gasteiger partial charge in [0.1, 0.15) is 5.00 Å². The van der Waals surface area contributed by atoms with Crippen LogP contribution < -0.4 is 10.6 Å².